The van der Waals surface area contributed by atoms with Crippen molar-refractivity contribution < 1.29 is 14.3 Å². The number of nitrogens with one attached hydrogen (secondary N) is 2. The van der Waals surface area contributed by atoms with Crippen molar-refractivity contribution in [1.29, 1.82) is 0 Å². The highest BCUT2D eigenvalue weighted by molar-refractivity contribution is 6.04. The van der Waals surface area contributed by atoms with E-state index in [-0.39, 0.29) is 17.3 Å². The molecule has 0 saturated heterocycles. The molecule has 24 heavy (non-hydrogen) atoms. The Hall–Kier alpha value is -3.15. The molecule has 0 aliphatic heterocycles. The number of hydrogen-bond donors (Lipinski definition) is 2. The third-order valence-electron chi connectivity index (χ3n) is 3.22. The van der Waals surface area contributed by atoms with Gasteiger partial charge in [-0.15, -0.1) is 6.58 Å². The molecule has 0 spiro atoms. The fourth-order valence-corrected chi connectivity index (χ4v) is 2.05. The van der Waals surface area contributed by atoms with Gasteiger partial charge in [-0.3, -0.25) is 9.59 Å². The lowest BCUT2D eigenvalue weighted by molar-refractivity contribution is 0.0953. The number of ether oxygens (including phenoxy) is 1. The Bertz CT molecular complexity index is 772. The van der Waals surface area contributed by atoms with Gasteiger partial charge in [-0.05, 0) is 36.8 Å². The average Bonchev–Trinajstić information content (AvgIpc) is 2.60. The summed E-state index contributed by atoms with van der Waals surface area (Å²) in [4.78, 5) is 28.4. The molecule has 0 saturated carbocycles. The van der Waals surface area contributed by atoms with Crippen LogP contribution in [0.5, 0.6) is 5.75 Å². The van der Waals surface area contributed by atoms with Gasteiger partial charge in [-0.25, -0.2) is 4.98 Å². The molecule has 2 amide bonds. The molecule has 2 rings (SSSR count). The number of aryl methyl sites for hydroxylation is 1. The normalized spacial score (nSPS) is 9.92. The van der Waals surface area contributed by atoms with Gasteiger partial charge >= 0.3 is 0 Å². The highest BCUT2D eigenvalue weighted by Gasteiger charge is 2.14. The van der Waals surface area contributed by atoms with Gasteiger partial charge in [-0.1, -0.05) is 18.2 Å². The number of nitrogens with zero attached hydrogens (tertiary/aromatic N) is 1. The molecule has 6 heteroatoms. The topological polar surface area (TPSA) is 80.3 Å². The molecular formula is C18H19N3O3. The predicted molar refractivity (Wildman–Crippen MR) is 92.5 cm³/mol. The number of methoxy groups -OCH3 is 1. The molecule has 0 bridgehead atoms. The van der Waals surface area contributed by atoms with E-state index in [0.29, 0.717) is 18.0 Å². The Morgan fingerprint density at radius 2 is 1.92 bits per heavy atom. The number of carbonyl (C=O) groups is 2. The molecule has 0 radical (unpaired) electrons. The van der Waals surface area contributed by atoms with Crippen LogP contribution < -0.4 is 15.4 Å². The molecule has 0 atom stereocenters. The van der Waals surface area contributed by atoms with Crippen LogP contribution >= 0.6 is 0 Å². The standard InChI is InChI=1S/C18H19N3O3/c1-4-10-19-17(22)13-6-5-7-14(20-13)18(23)21-15-11-12(2)8-9-16(15)24-3/h4-9,11H,1,10H2,2-3H3,(H,19,22)(H,21,23). The Kier molecular flexibility index (Phi) is 5.68. The molecule has 1 heterocycles. The second-order valence-corrected chi connectivity index (χ2v) is 5.06. The van der Waals surface area contributed by atoms with Gasteiger partial charge in [0.2, 0.25) is 0 Å². The lowest BCUT2D eigenvalue weighted by Crippen LogP contribution is -2.25. The zero-order valence-electron chi connectivity index (χ0n) is 13.6. The lowest BCUT2D eigenvalue weighted by atomic mass is 10.2. The molecule has 124 valence electrons. The van der Waals surface area contributed by atoms with Gasteiger partial charge in [0, 0.05) is 6.54 Å². The number of rotatable bonds is 6. The summed E-state index contributed by atoms with van der Waals surface area (Å²) in [7, 11) is 1.53. The fourth-order valence-electron chi connectivity index (χ4n) is 2.05. The first-order valence-electron chi connectivity index (χ1n) is 7.37. The van der Waals surface area contributed by atoms with E-state index in [1.165, 1.54) is 7.11 Å². The van der Waals surface area contributed by atoms with Crippen LogP contribution in [0.1, 0.15) is 26.5 Å². The van der Waals surface area contributed by atoms with Crippen LogP contribution in [0.25, 0.3) is 0 Å². The van der Waals surface area contributed by atoms with Crippen LogP contribution in [-0.4, -0.2) is 30.5 Å². The molecule has 2 aromatic rings. The van der Waals surface area contributed by atoms with Crippen molar-refractivity contribution in [3.05, 3.63) is 66.0 Å². The van der Waals surface area contributed by atoms with Crippen molar-refractivity contribution in [2.45, 2.75) is 6.92 Å². The maximum atomic E-state index is 12.4. The number of benzene rings is 1. The van der Waals surface area contributed by atoms with Crippen molar-refractivity contribution in [2.24, 2.45) is 0 Å². The van der Waals surface area contributed by atoms with Gasteiger partial charge < -0.3 is 15.4 Å². The molecule has 6 nitrogen and oxygen atoms in total. The molecule has 2 N–H and O–H groups in total. The van der Waals surface area contributed by atoms with Gasteiger partial charge in [0.15, 0.2) is 0 Å². The monoisotopic (exact) mass is 325 g/mol. The van der Waals surface area contributed by atoms with Crippen molar-refractivity contribution >= 4 is 17.5 Å². The number of carbonyl (C=O) groups excluding carboxylic acids is 2. The third kappa shape index (κ3) is 4.19. The maximum Gasteiger partial charge on any atom is 0.274 e. The molecule has 0 aliphatic carbocycles. The number of anilines is 1. The smallest absolute Gasteiger partial charge is 0.274 e. The summed E-state index contributed by atoms with van der Waals surface area (Å²) in [6, 6.07) is 10.2. The van der Waals surface area contributed by atoms with Crippen LogP contribution in [0.4, 0.5) is 5.69 Å². The summed E-state index contributed by atoms with van der Waals surface area (Å²) in [6.07, 6.45) is 1.57. The highest BCUT2D eigenvalue weighted by Crippen LogP contribution is 2.25. The summed E-state index contributed by atoms with van der Waals surface area (Å²) in [6.45, 7) is 5.78. The number of amides is 2. The van der Waals surface area contributed by atoms with Crippen LogP contribution in [0.3, 0.4) is 0 Å². The van der Waals surface area contributed by atoms with Crippen molar-refractivity contribution in [1.82, 2.24) is 10.3 Å². The SMILES string of the molecule is C=CCNC(=O)c1cccc(C(=O)Nc2cc(C)ccc2OC)n1. The minimum absolute atomic E-state index is 0.143. The van der Waals surface area contributed by atoms with Crippen LogP contribution in [0.2, 0.25) is 0 Å². The van der Waals surface area contributed by atoms with E-state index in [0.717, 1.165) is 5.56 Å². The van der Waals surface area contributed by atoms with E-state index in [9.17, 15) is 9.59 Å². The maximum absolute atomic E-state index is 12.4. The minimum Gasteiger partial charge on any atom is -0.495 e. The largest absolute Gasteiger partial charge is 0.495 e. The quantitative estimate of drug-likeness (QED) is 0.800. The van der Waals surface area contributed by atoms with E-state index in [1.54, 1.807) is 36.4 Å². The molecule has 1 aromatic carbocycles. The Balaban J connectivity index is 2.20. The Morgan fingerprint density at radius 3 is 2.58 bits per heavy atom. The van der Waals surface area contributed by atoms with E-state index < -0.39 is 5.91 Å². The second kappa shape index (κ2) is 7.92. The van der Waals surface area contributed by atoms with E-state index >= 15 is 0 Å². The summed E-state index contributed by atoms with van der Waals surface area (Å²) < 4.78 is 5.23. The summed E-state index contributed by atoms with van der Waals surface area (Å²) in [5.74, 6) is -0.233. The first-order valence-corrected chi connectivity index (χ1v) is 7.37. The molecule has 0 fully saturated rings. The van der Waals surface area contributed by atoms with E-state index in [2.05, 4.69) is 22.2 Å². The first kappa shape index (κ1) is 17.2. The Morgan fingerprint density at radius 1 is 1.21 bits per heavy atom. The third-order valence-corrected chi connectivity index (χ3v) is 3.22. The van der Waals surface area contributed by atoms with Gasteiger partial charge in [-0.2, -0.15) is 0 Å². The van der Waals surface area contributed by atoms with Crippen molar-refractivity contribution in [3.63, 3.8) is 0 Å². The van der Waals surface area contributed by atoms with Gasteiger partial charge in [0.1, 0.15) is 17.1 Å². The zero-order chi connectivity index (χ0) is 17.5. The number of pyridine rings is 1. The summed E-state index contributed by atoms with van der Waals surface area (Å²) in [5, 5.41) is 5.37. The van der Waals surface area contributed by atoms with Gasteiger partial charge in [0.05, 0.1) is 12.8 Å². The second-order valence-electron chi connectivity index (χ2n) is 5.06. The minimum atomic E-state index is -0.419. The predicted octanol–water partition coefficient (Wildman–Crippen LogP) is 2.57. The summed E-state index contributed by atoms with van der Waals surface area (Å²) >= 11 is 0. The van der Waals surface area contributed by atoms with Gasteiger partial charge in [0.25, 0.3) is 11.8 Å². The first-order chi connectivity index (χ1) is 11.5. The lowest BCUT2D eigenvalue weighted by Gasteiger charge is -2.11. The van der Waals surface area contributed by atoms with E-state index in [1.807, 2.05) is 13.0 Å². The number of hydrogen-bond acceptors (Lipinski definition) is 4. The zero-order valence-corrected chi connectivity index (χ0v) is 13.6. The molecule has 1 aromatic heterocycles. The highest BCUT2D eigenvalue weighted by atomic mass is 16.5. The Labute approximate surface area is 140 Å². The molecular weight excluding hydrogens is 306 g/mol. The molecule has 0 aliphatic rings. The van der Waals surface area contributed by atoms with Crippen molar-refractivity contribution in [2.75, 3.05) is 19.0 Å². The number of aromatic nitrogens is 1. The van der Waals surface area contributed by atoms with E-state index in [4.69, 9.17) is 4.74 Å². The van der Waals surface area contributed by atoms with Crippen LogP contribution in [0, 0.1) is 6.92 Å². The van der Waals surface area contributed by atoms with Crippen LogP contribution in [0.15, 0.2) is 49.1 Å². The van der Waals surface area contributed by atoms with Crippen LogP contribution in [-0.2, 0) is 0 Å². The van der Waals surface area contributed by atoms with Crippen molar-refractivity contribution in [3.8, 4) is 5.75 Å². The summed E-state index contributed by atoms with van der Waals surface area (Å²) in [5.41, 5.74) is 1.84. The molecule has 0 unspecified atom stereocenters. The average molecular weight is 325 g/mol. The fraction of sp³-hybridized carbons (Fsp3) is 0.167.